The Labute approximate surface area is 166 Å². The number of benzene rings is 2. The Balaban J connectivity index is 1.92. The Bertz CT molecular complexity index is 765. The molecule has 1 N–H and O–H groups in total. The molecule has 0 radical (unpaired) electrons. The quantitative estimate of drug-likeness (QED) is 0.709. The Kier molecular flexibility index (Phi) is 7.95. The molecule has 0 aliphatic rings. The fourth-order valence-electron chi connectivity index (χ4n) is 2.91. The van der Waals surface area contributed by atoms with E-state index in [0.29, 0.717) is 35.9 Å². The fraction of sp³-hybridized carbons (Fsp3) is 0.381. The molecule has 0 fully saturated rings. The summed E-state index contributed by atoms with van der Waals surface area (Å²) in [6, 6.07) is 13.4. The molecule has 1 unspecified atom stereocenters. The van der Waals surface area contributed by atoms with Gasteiger partial charge in [-0.1, -0.05) is 35.9 Å². The number of likely N-dealkylation sites (N-methyl/N-ethyl adjacent to an activating group) is 1. The Morgan fingerprint density at radius 1 is 1.11 bits per heavy atom. The van der Waals surface area contributed by atoms with Crippen LogP contribution in [-0.4, -0.2) is 45.7 Å². The third-order valence-corrected chi connectivity index (χ3v) is 4.81. The molecule has 2 aromatic rings. The van der Waals surface area contributed by atoms with E-state index in [0.717, 1.165) is 11.1 Å². The summed E-state index contributed by atoms with van der Waals surface area (Å²) in [5.41, 5.74) is 2.03. The number of carbonyl (C=O) groups is 1. The van der Waals surface area contributed by atoms with E-state index in [9.17, 15) is 4.79 Å². The largest absolute Gasteiger partial charge is 0.493 e. The second-order valence-corrected chi connectivity index (χ2v) is 6.90. The SMILES string of the molecule is COc1ccc(CCC(=O)NCC(c2ccccc2Cl)N(C)C)cc1OC. The number of methoxy groups -OCH3 is 2. The number of amides is 1. The van der Waals surface area contributed by atoms with E-state index in [-0.39, 0.29) is 11.9 Å². The van der Waals surface area contributed by atoms with Crippen molar-refractivity contribution in [3.05, 3.63) is 58.6 Å². The maximum absolute atomic E-state index is 12.3. The first-order chi connectivity index (χ1) is 13.0. The van der Waals surface area contributed by atoms with Crippen LogP contribution in [0.3, 0.4) is 0 Å². The van der Waals surface area contributed by atoms with Crippen LogP contribution in [-0.2, 0) is 11.2 Å². The van der Waals surface area contributed by atoms with E-state index in [1.807, 2.05) is 56.6 Å². The number of nitrogens with zero attached hydrogens (tertiary/aromatic N) is 1. The molecule has 5 nitrogen and oxygen atoms in total. The first-order valence-electron chi connectivity index (χ1n) is 8.84. The van der Waals surface area contributed by atoms with Gasteiger partial charge in [-0.3, -0.25) is 4.79 Å². The third kappa shape index (κ3) is 5.88. The van der Waals surface area contributed by atoms with Crippen molar-refractivity contribution in [1.82, 2.24) is 10.2 Å². The molecular weight excluding hydrogens is 364 g/mol. The highest BCUT2D eigenvalue weighted by atomic mass is 35.5. The highest BCUT2D eigenvalue weighted by Crippen LogP contribution is 2.28. The zero-order valence-corrected chi connectivity index (χ0v) is 17.0. The number of ether oxygens (including phenoxy) is 2. The van der Waals surface area contributed by atoms with Gasteiger partial charge in [0.15, 0.2) is 11.5 Å². The van der Waals surface area contributed by atoms with E-state index in [4.69, 9.17) is 21.1 Å². The molecule has 0 spiro atoms. The van der Waals surface area contributed by atoms with Gasteiger partial charge in [-0.25, -0.2) is 0 Å². The zero-order chi connectivity index (χ0) is 19.8. The average molecular weight is 391 g/mol. The number of carbonyl (C=O) groups excluding carboxylic acids is 1. The van der Waals surface area contributed by atoms with Crippen LogP contribution >= 0.6 is 11.6 Å². The predicted molar refractivity (Wildman–Crippen MR) is 109 cm³/mol. The van der Waals surface area contributed by atoms with Gasteiger partial charge >= 0.3 is 0 Å². The summed E-state index contributed by atoms with van der Waals surface area (Å²) in [4.78, 5) is 14.4. The topological polar surface area (TPSA) is 50.8 Å². The fourth-order valence-corrected chi connectivity index (χ4v) is 3.17. The van der Waals surface area contributed by atoms with E-state index >= 15 is 0 Å². The lowest BCUT2D eigenvalue weighted by molar-refractivity contribution is -0.121. The van der Waals surface area contributed by atoms with Crippen LogP contribution in [0.5, 0.6) is 11.5 Å². The Morgan fingerprint density at radius 3 is 2.44 bits per heavy atom. The number of hydrogen-bond donors (Lipinski definition) is 1. The van der Waals surface area contributed by atoms with Crippen molar-refractivity contribution in [3.63, 3.8) is 0 Å². The molecule has 27 heavy (non-hydrogen) atoms. The van der Waals surface area contributed by atoms with Crippen molar-refractivity contribution >= 4 is 17.5 Å². The summed E-state index contributed by atoms with van der Waals surface area (Å²) in [5.74, 6) is 1.35. The minimum absolute atomic E-state index is 0.00342. The van der Waals surface area contributed by atoms with Gasteiger partial charge < -0.3 is 19.7 Å². The van der Waals surface area contributed by atoms with Crippen molar-refractivity contribution in [1.29, 1.82) is 0 Å². The molecule has 0 aliphatic heterocycles. The molecule has 0 aliphatic carbocycles. The van der Waals surface area contributed by atoms with Crippen molar-refractivity contribution in [2.75, 3.05) is 34.9 Å². The van der Waals surface area contributed by atoms with Gasteiger partial charge in [-0.05, 0) is 49.8 Å². The maximum Gasteiger partial charge on any atom is 0.220 e. The molecule has 146 valence electrons. The zero-order valence-electron chi connectivity index (χ0n) is 16.3. The van der Waals surface area contributed by atoms with Crippen LogP contribution in [0.15, 0.2) is 42.5 Å². The van der Waals surface area contributed by atoms with E-state index < -0.39 is 0 Å². The predicted octanol–water partition coefficient (Wildman–Crippen LogP) is 3.71. The van der Waals surface area contributed by atoms with E-state index in [1.165, 1.54) is 0 Å². The minimum atomic E-state index is 0.00342. The third-order valence-electron chi connectivity index (χ3n) is 4.47. The molecule has 0 aromatic heterocycles. The molecule has 1 amide bonds. The lowest BCUT2D eigenvalue weighted by atomic mass is 10.1. The summed E-state index contributed by atoms with van der Waals surface area (Å²) in [6.45, 7) is 0.501. The number of nitrogens with one attached hydrogen (secondary N) is 1. The molecule has 0 bridgehead atoms. The Hall–Kier alpha value is -2.24. The summed E-state index contributed by atoms with van der Waals surface area (Å²) >= 11 is 6.31. The van der Waals surface area contributed by atoms with Crippen molar-refractivity contribution < 1.29 is 14.3 Å². The summed E-state index contributed by atoms with van der Waals surface area (Å²) in [6.07, 6.45) is 1.03. The number of aryl methyl sites for hydroxylation is 1. The maximum atomic E-state index is 12.3. The monoisotopic (exact) mass is 390 g/mol. The van der Waals surface area contributed by atoms with Gasteiger partial charge in [0, 0.05) is 18.0 Å². The van der Waals surface area contributed by atoms with Gasteiger partial charge in [0.25, 0.3) is 0 Å². The standard InChI is InChI=1S/C21H27ClN2O3/c1-24(2)18(16-7-5-6-8-17(16)22)14-23-21(25)12-10-15-9-11-19(26-3)20(13-15)27-4/h5-9,11,13,18H,10,12,14H2,1-4H3,(H,23,25). The van der Waals surface area contributed by atoms with Gasteiger partial charge in [-0.2, -0.15) is 0 Å². The lowest BCUT2D eigenvalue weighted by Gasteiger charge is -2.26. The van der Waals surface area contributed by atoms with Crippen LogP contribution in [0.25, 0.3) is 0 Å². The summed E-state index contributed by atoms with van der Waals surface area (Å²) in [5, 5.41) is 3.72. The summed E-state index contributed by atoms with van der Waals surface area (Å²) < 4.78 is 10.5. The first-order valence-corrected chi connectivity index (χ1v) is 9.22. The molecule has 2 aromatic carbocycles. The smallest absolute Gasteiger partial charge is 0.220 e. The van der Waals surface area contributed by atoms with E-state index in [1.54, 1.807) is 14.2 Å². The molecular formula is C21H27ClN2O3. The lowest BCUT2D eigenvalue weighted by Crippen LogP contribution is -2.34. The second kappa shape index (κ2) is 10.2. The summed E-state index contributed by atoms with van der Waals surface area (Å²) in [7, 11) is 7.16. The number of halogens is 1. The average Bonchev–Trinajstić information content (AvgIpc) is 2.67. The highest BCUT2D eigenvalue weighted by Gasteiger charge is 2.17. The van der Waals surface area contributed by atoms with Gasteiger partial charge in [-0.15, -0.1) is 0 Å². The van der Waals surface area contributed by atoms with Crippen LogP contribution < -0.4 is 14.8 Å². The van der Waals surface area contributed by atoms with Crippen LogP contribution in [0.4, 0.5) is 0 Å². The minimum Gasteiger partial charge on any atom is -0.493 e. The van der Waals surface area contributed by atoms with Crippen molar-refractivity contribution in [2.45, 2.75) is 18.9 Å². The normalized spacial score (nSPS) is 11.9. The molecule has 0 heterocycles. The first kappa shape index (κ1) is 21.1. The molecule has 0 saturated heterocycles. The van der Waals surface area contributed by atoms with Crippen molar-refractivity contribution in [2.24, 2.45) is 0 Å². The van der Waals surface area contributed by atoms with Gasteiger partial charge in [0.05, 0.1) is 20.3 Å². The second-order valence-electron chi connectivity index (χ2n) is 6.49. The molecule has 2 rings (SSSR count). The number of hydrogen-bond acceptors (Lipinski definition) is 4. The molecule has 6 heteroatoms. The Morgan fingerprint density at radius 2 is 1.81 bits per heavy atom. The highest BCUT2D eigenvalue weighted by molar-refractivity contribution is 6.31. The van der Waals surface area contributed by atoms with Crippen molar-refractivity contribution in [3.8, 4) is 11.5 Å². The van der Waals surface area contributed by atoms with Gasteiger partial charge in [0.2, 0.25) is 5.91 Å². The van der Waals surface area contributed by atoms with Crippen LogP contribution in [0, 0.1) is 0 Å². The van der Waals surface area contributed by atoms with Gasteiger partial charge in [0.1, 0.15) is 0 Å². The number of rotatable bonds is 9. The van der Waals surface area contributed by atoms with E-state index in [2.05, 4.69) is 10.2 Å². The molecule has 0 saturated carbocycles. The molecule has 1 atom stereocenters. The van der Waals surface area contributed by atoms with Crippen LogP contribution in [0.2, 0.25) is 5.02 Å². The van der Waals surface area contributed by atoms with Crippen LogP contribution in [0.1, 0.15) is 23.6 Å².